The van der Waals surface area contributed by atoms with Gasteiger partial charge in [-0.1, -0.05) is 11.6 Å². The number of hydrogen-bond acceptors (Lipinski definition) is 6. The Bertz CT molecular complexity index is 982. The van der Waals surface area contributed by atoms with E-state index in [0.29, 0.717) is 28.7 Å². The van der Waals surface area contributed by atoms with Crippen molar-refractivity contribution in [1.29, 1.82) is 0 Å². The highest BCUT2D eigenvalue weighted by Gasteiger charge is 2.16. The topological polar surface area (TPSA) is 117 Å². The predicted octanol–water partition coefficient (Wildman–Crippen LogP) is 2.42. The highest BCUT2D eigenvalue weighted by molar-refractivity contribution is 6.30. The van der Waals surface area contributed by atoms with Crippen molar-refractivity contribution < 1.29 is 14.5 Å². The van der Waals surface area contributed by atoms with E-state index in [9.17, 15) is 14.9 Å². The molecule has 0 radical (unpaired) electrons. The molecule has 146 valence electrons. The molecule has 2 aromatic heterocycles. The Labute approximate surface area is 164 Å². The lowest BCUT2D eigenvalue weighted by atomic mass is 10.3. The molecule has 0 saturated carbocycles. The summed E-state index contributed by atoms with van der Waals surface area (Å²) >= 11 is 5.83. The first-order chi connectivity index (χ1) is 13.4. The number of nitro groups is 1. The molecular formula is C17H17ClN6O4. The fraction of sp³-hybridized carbons (Fsp3) is 0.235. The van der Waals surface area contributed by atoms with Gasteiger partial charge >= 0.3 is 5.82 Å². The molecule has 0 atom stereocenters. The summed E-state index contributed by atoms with van der Waals surface area (Å²) in [7, 11) is 0. The molecule has 2 heterocycles. The number of benzene rings is 1. The molecule has 0 spiro atoms. The van der Waals surface area contributed by atoms with Crippen molar-refractivity contribution in [3.63, 3.8) is 0 Å². The van der Waals surface area contributed by atoms with Crippen LogP contribution in [0.15, 0.2) is 42.6 Å². The molecule has 0 fully saturated rings. The van der Waals surface area contributed by atoms with E-state index in [1.54, 1.807) is 37.3 Å². The summed E-state index contributed by atoms with van der Waals surface area (Å²) in [6.45, 7) is 2.33. The lowest BCUT2D eigenvalue weighted by molar-refractivity contribution is -0.389. The van der Waals surface area contributed by atoms with E-state index in [0.717, 1.165) is 0 Å². The Morgan fingerprint density at radius 2 is 2.04 bits per heavy atom. The molecule has 0 saturated heterocycles. The lowest BCUT2D eigenvalue weighted by Gasteiger charge is -2.10. The number of halogens is 1. The van der Waals surface area contributed by atoms with Crippen molar-refractivity contribution in [1.82, 2.24) is 24.9 Å². The number of hydrogen-bond donors (Lipinski definition) is 1. The molecule has 3 rings (SSSR count). The molecule has 10 nitrogen and oxygen atoms in total. The number of nitrogens with one attached hydrogen (secondary N) is 1. The van der Waals surface area contributed by atoms with Crippen LogP contribution in [-0.4, -0.2) is 36.9 Å². The van der Waals surface area contributed by atoms with Crippen LogP contribution in [0.3, 0.4) is 0 Å². The summed E-state index contributed by atoms with van der Waals surface area (Å²) in [4.78, 5) is 22.6. The maximum Gasteiger partial charge on any atom is 0.390 e. The molecular weight excluding hydrogens is 388 g/mol. The van der Waals surface area contributed by atoms with Crippen molar-refractivity contribution in [3.05, 3.63) is 69.1 Å². The third-order valence-corrected chi connectivity index (χ3v) is 4.13. The second-order valence-electron chi connectivity index (χ2n) is 5.82. The van der Waals surface area contributed by atoms with E-state index in [-0.39, 0.29) is 25.0 Å². The molecule has 0 aliphatic carbocycles. The number of aryl methyl sites for hydroxylation is 1. The van der Waals surface area contributed by atoms with Gasteiger partial charge < -0.3 is 20.2 Å². The molecule has 1 aromatic carbocycles. The van der Waals surface area contributed by atoms with Gasteiger partial charge in [0.05, 0.1) is 23.4 Å². The van der Waals surface area contributed by atoms with Gasteiger partial charge in [0.2, 0.25) is 0 Å². The fourth-order valence-electron chi connectivity index (χ4n) is 2.47. The SMILES string of the molecule is Cc1cc([N+](=O)[O-])nn1CCNC(=O)c1ccnn1COc1ccc(Cl)cc1. The van der Waals surface area contributed by atoms with Crippen LogP contribution in [0, 0.1) is 17.0 Å². The summed E-state index contributed by atoms with van der Waals surface area (Å²) in [6.07, 6.45) is 1.50. The minimum Gasteiger partial charge on any atom is -0.471 e. The van der Waals surface area contributed by atoms with Crippen LogP contribution in [-0.2, 0) is 13.3 Å². The summed E-state index contributed by atoms with van der Waals surface area (Å²) < 4.78 is 8.49. The number of carbonyl (C=O) groups is 1. The molecule has 0 unspecified atom stereocenters. The minimum atomic E-state index is -0.554. The normalized spacial score (nSPS) is 10.6. The van der Waals surface area contributed by atoms with Gasteiger partial charge in [0, 0.05) is 17.8 Å². The molecule has 0 aliphatic heterocycles. The van der Waals surface area contributed by atoms with Gasteiger partial charge in [-0.3, -0.25) is 4.79 Å². The van der Waals surface area contributed by atoms with E-state index in [1.807, 2.05) is 0 Å². The summed E-state index contributed by atoms with van der Waals surface area (Å²) in [5, 5.41) is 22.1. The van der Waals surface area contributed by atoms with Crippen LogP contribution in [0.4, 0.5) is 5.82 Å². The smallest absolute Gasteiger partial charge is 0.390 e. The maximum atomic E-state index is 12.4. The molecule has 1 amide bonds. The average molecular weight is 405 g/mol. The van der Waals surface area contributed by atoms with Crippen molar-refractivity contribution in [2.45, 2.75) is 20.2 Å². The summed E-state index contributed by atoms with van der Waals surface area (Å²) in [5.74, 6) is 0.0415. The fourth-order valence-corrected chi connectivity index (χ4v) is 2.60. The molecule has 3 aromatic rings. The number of nitrogens with zero attached hydrogens (tertiary/aromatic N) is 5. The van der Waals surface area contributed by atoms with Gasteiger partial charge in [-0.2, -0.15) is 9.78 Å². The van der Waals surface area contributed by atoms with Gasteiger partial charge in [0.1, 0.15) is 11.4 Å². The van der Waals surface area contributed by atoms with Crippen LogP contribution < -0.4 is 10.1 Å². The van der Waals surface area contributed by atoms with Crippen molar-refractivity contribution in [2.75, 3.05) is 6.54 Å². The third kappa shape index (κ3) is 4.65. The Hall–Kier alpha value is -3.40. The van der Waals surface area contributed by atoms with Crippen LogP contribution >= 0.6 is 11.6 Å². The van der Waals surface area contributed by atoms with Gasteiger partial charge in [-0.25, -0.2) is 4.68 Å². The highest BCUT2D eigenvalue weighted by Crippen LogP contribution is 2.16. The Kier molecular flexibility index (Phi) is 5.90. The second-order valence-corrected chi connectivity index (χ2v) is 6.26. The molecule has 0 aliphatic rings. The number of rotatable bonds is 8. The van der Waals surface area contributed by atoms with Crippen molar-refractivity contribution in [2.24, 2.45) is 0 Å². The van der Waals surface area contributed by atoms with Gasteiger partial charge in [0.15, 0.2) is 6.73 Å². The first-order valence-electron chi connectivity index (χ1n) is 8.31. The second kappa shape index (κ2) is 8.53. The molecule has 1 N–H and O–H groups in total. The van der Waals surface area contributed by atoms with E-state index >= 15 is 0 Å². The molecule has 0 bridgehead atoms. The minimum absolute atomic E-state index is 0.0574. The summed E-state index contributed by atoms with van der Waals surface area (Å²) in [5.41, 5.74) is 0.972. The molecule has 11 heteroatoms. The number of ether oxygens (including phenoxy) is 1. The first kappa shape index (κ1) is 19.4. The van der Waals surface area contributed by atoms with Gasteiger partial charge in [0.25, 0.3) is 5.91 Å². The van der Waals surface area contributed by atoms with Crippen LogP contribution in [0.25, 0.3) is 0 Å². The van der Waals surface area contributed by atoms with E-state index < -0.39 is 4.92 Å². The number of aromatic nitrogens is 4. The van der Waals surface area contributed by atoms with E-state index in [4.69, 9.17) is 16.3 Å². The number of amides is 1. The first-order valence-corrected chi connectivity index (χ1v) is 8.69. The predicted molar refractivity (Wildman–Crippen MR) is 100 cm³/mol. The zero-order valence-electron chi connectivity index (χ0n) is 14.9. The highest BCUT2D eigenvalue weighted by atomic mass is 35.5. The van der Waals surface area contributed by atoms with Crippen LogP contribution in [0.1, 0.15) is 16.2 Å². The van der Waals surface area contributed by atoms with E-state index in [2.05, 4.69) is 15.5 Å². The van der Waals surface area contributed by atoms with Crippen molar-refractivity contribution in [3.8, 4) is 5.75 Å². The Balaban J connectivity index is 1.54. The van der Waals surface area contributed by atoms with Crippen LogP contribution in [0.5, 0.6) is 5.75 Å². The summed E-state index contributed by atoms with van der Waals surface area (Å²) in [6, 6.07) is 9.80. The average Bonchev–Trinajstić information content (AvgIpc) is 3.28. The molecule has 28 heavy (non-hydrogen) atoms. The lowest BCUT2D eigenvalue weighted by Crippen LogP contribution is -2.30. The zero-order valence-corrected chi connectivity index (χ0v) is 15.7. The van der Waals surface area contributed by atoms with Gasteiger partial charge in [-0.15, -0.1) is 0 Å². The van der Waals surface area contributed by atoms with E-state index in [1.165, 1.54) is 21.6 Å². The number of carbonyl (C=O) groups excluding carboxylic acids is 1. The van der Waals surface area contributed by atoms with Gasteiger partial charge in [-0.05, 0) is 42.2 Å². The van der Waals surface area contributed by atoms with Crippen LogP contribution in [0.2, 0.25) is 5.02 Å². The van der Waals surface area contributed by atoms with Crippen molar-refractivity contribution >= 4 is 23.3 Å². The Morgan fingerprint density at radius 1 is 1.29 bits per heavy atom. The quantitative estimate of drug-likeness (QED) is 0.455. The third-order valence-electron chi connectivity index (χ3n) is 3.88. The zero-order chi connectivity index (χ0) is 20.1. The largest absolute Gasteiger partial charge is 0.471 e. The standard InChI is InChI=1S/C17H17ClN6O4/c1-12-10-16(24(26)27)21-22(12)9-8-19-17(25)15-6-7-20-23(15)11-28-14-4-2-13(18)3-5-14/h2-7,10H,8-9,11H2,1H3,(H,19,25). The maximum absolute atomic E-state index is 12.4. The monoisotopic (exact) mass is 404 g/mol. The Morgan fingerprint density at radius 3 is 2.71 bits per heavy atom.